The van der Waals surface area contributed by atoms with Gasteiger partial charge in [0.15, 0.2) is 0 Å². The van der Waals surface area contributed by atoms with Crippen LogP contribution in [0, 0.1) is 0 Å². The molecule has 1 rings (SSSR count). The Morgan fingerprint density at radius 2 is 1.86 bits per heavy atom. The number of alkyl carbamates (subject to hydrolysis) is 1. The molecule has 0 bridgehead atoms. The summed E-state index contributed by atoms with van der Waals surface area (Å²) in [6.07, 6.45) is 1.27. The van der Waals surface area contributed by atoms with Crippen LogP contribution in [0.2, 0.25) is 0 Å². The maximum Gasteiger partial charge on any atom is 0.407 e. The summed E-state index contributed by atoms with van der Waals surface area (Å²) >= 11 is 0. The van der Waals surface area contributed by atoms with Gasteiger partial charge < -0.3 is 25.4 Å². The molecule has 2 amide bonds. The number of carbonyl (C=O) groups excluding carboxylic acids is 1. The van der Waals surface area contributed by atoms with Crippen LogP contribution in [-0.2, 0) is 4.74 Å². The average molecular weight is 301 g/mol. The summed E-state index contributed by atoms with van der Waals surface area (Å²) in [5, 5.41) is 15.0. The molecule has 0 aromatic carbocycles. The number of amides is 2. The molecule has 122 valence electrons. The van der Waals surface area contributed by atoms with Crippen LogP contribution >= 0.6 is 0 Å². The first-order valence-electron chi connectivity index (χ1n) is 7.46. The second-order valence-corrected chi connectivity index (χ2v) is 6.28. The Morgan fingerprint density at radius 3 is 2.38 bits per heavy atom. The van der Waals surface area contributed by atoms with E-state index in [1.54, 1.807) is 0 Å². The normalized spacial score (nSPS) is 16.6. The van der Waals surface area contributed by atoms with Crippen molar-refractivity contribution in [1.29, 1.82) is 0 Å². The number of carboxylic acid groups (broad SMARTS) is 1. The van der Waals surface area contributed by atoms with Crippen LogP contribution in [0.15, 0.2) is 0 Å². The molecule has 1 aliphatic heterocycles. The van der Waals surface area contributed by atoms with E-state index < -0.39 is 17.8 Å². The third kappa shape index (κ3) is 7.75. The maximum absolute atomic E-state index is 11.4. The lowest BCUT2D eigenvalue weighted by molar-refractivity contribution is 0.0527. The number of likely N-dealkylation sites (tertiary alicyclic amines) is 1. The van der Waals surface area contributed by atoms with Gasteiger partial charge in [-0.15, -0.1) is 0 Å². The van der Waals surface area contributed by atoms with Crippen molar-refractivity contribution in [2.45, 2.75) is 51.7 Å². The molecule has 7 heteroatoms. The third-order valence-electron chi connectivity index (χ3n) is 3.22. The number of hydrogen-bond donors (Lipinski definition) is 3. The van der Waals surface area contributed by atoms with Gasteiger partial charge in [-0.2, -0.15) is 0 Å². The van der Waals surface area contributed by atoms with Crippen molar-refractivity contribution < 1.29 is 19.4 Å². The Balaban J connectivity index is 2.03. The van der Waals surface area contributed by atoms with Crippen LogP contribution in [0.3, 0.4) is 0 Å². The molecule has 1 fully saturated rings. The van der Waals surface area contributed by atoms with Gasteiger partial charge in [-0.3, -0.25) is 0 Å². The monoisotopic (exact) mass is 301 g/mol. The summed E-state index contributed by atoms with van der Waals surface area (Å²) in [7, 11) is 0. The lowest BCUT2D eigenvalue weighted by Gasteiger charge is -2.30. The van der Waals surface area contributed by atoms with Gasteiger partial charge in [0.25, 0.3) is 0 Å². The van der Waals surface area contributed by atoms with Crippen LogP contribution in [0.5, 0.6) is 0 Å². The first-order valence-corrected chi connectivity index (χ1v) is 7.46. The van der Waals surface area contributed by atoms with Gasteiger partial charge in [0.1, 0.15) is 5.60 Å². The molecule has 0 radical (unpaired) electrons. The van der Waals surface area contributed by atoms with Gasteiger partial charge in [-0.05, 0) is 46.6 Å². The van der Waals surface area contributed by atoms with Crippen molar-refractivity contribution in [1.82, 2.24) is 15.5 Å². The second kappa shape index (κ2) is 8.07. The van der Waals surface area contributed by atoms with Crippen LogP contribution in [-0.4, -0.2) is 60.0 Å². The zero-order valence-corrected chi connectivity index (χ0v) is 13.1. The van der Waals surface area contributed by atoms with E-state index in [1.807, 2.05) is 20.8 Å². The fourth-order valence-electron chi connectivity index (χ4n) is 2.17. The summed E-state index contributed by atoms with van der Waals surface area (Å²) < 4.78 is 5.14. The summed E-state index contributed by atoms with van der Waals surface area (Å²) in [4.78, 5) is 23.6. The fraction of sp³-hybridized carbons (Fsp3) is 0.857. The van der Waals surface area contributed by atoms with Crippen LogP contribution in [0.25, 0.3) is 0 Å². The zero-order chi connectivity index (χ0) is 15.9. The highest BCUT2D eigenvalue weighted by atomic mass is 16.6. The van der Waals surface area contributed by atoms with E-state index in [4.69, 9.17) is 9.84 Å². The van der Waals surface area contributed by atoms with Crippen molar-refractivity contribution in [3.05, 3.63) is 0 Å². The first-order chi connectivity index (χ1) is 9.78. The summed E-state index contributed by atoms with van der Waals surface area (Å²) in [6.45, 7) is 8.03. The largest absolute Gasteiger partial charge is 0.465 e. The van der Waals surface area contributed by atoms with Gasteiger partial charge in [0.2, 0.25) is 0 Å². The Kier molecular flexibility index (Phi) is 6.74. The molecule has 21 heavy (non-hydrogen) atoms. The van der Waals surface area contributed by atoms with Crippen molar-refractivity contribution in [3.63, 3.8) is 0 Å². The lowest BCUT2D eigenvalue weighted by Crippen LogP contribution is -2.45. The molecule has 0 aromatic heterocycles. The molecule has 0 aromatic rings. The zero-order valence-electron chi connectivity index (χ0n) is 13.1. The molecule has 0 aliphatic carbocycles. The van der Waals surface area contributed by atoms with Gasteiger partial charge >= 0.3 is 12.2 Å². The highest BCUT2D eigenvalue weighted by Gasteiger charge is 2.21. The van der Waals surface area contributed by atoms with Gasteiger partial charge in [0.05, 0.1) is 0 Å². The number of carbonyl (C=O) groups is 2. The molecule has 0 saturated carbocycles. The number of piperidine rings is 1. The minimum absolute atomic E-state index is 0.363. The van der Waals surface area contributed by atoms with E-state index in [0.717, 1.165) is 25.8 Å². The molecule has 1 aliphatic rings. The summed E-state index contributed by atoms with van der Waals surface area (Å²) in [5.41, 5.74) is -0.472. The van der Waals surface area contributed by atoms with Crippen molar-refractivity contribution in [2.75, 3.05) is 26.2 Å². The molecule has 3 N–H and O–H groups in total. The average Bonchev–Trinajstić information content (AvgIpc) is 2.36. The standard InChI is InChI=1S/C14H27N3O4/c1-14(2,3)21-12(18)16-8-4-7-15-11-5-9-17(10-6-11)13(19)20/h11,15H,4-10H2,1-3H3,(H,16,18)(H,19,20). The summed E-state index contributed by atoms with van der Waals surface area (Å²) in [5.74, 6) is 0. The Morgan fingerprint density at radius 1 is 1.24 bits per heavy atom. The van der Waals surface area contributed by atoms with Gasteiger partial charge in [-0.25, -0.2) is 9.59 Å². The Labute approximate surface area is 126 Å². The van der Waals surface area contributed by atoms with E-state index in [9.17, 15) is 9.59 Å². The minimum Gasteiger partial charge on any atom is -0.465 e. The lowest BCUT2D eigenvalue weighted by atomic mass is 10.1. The van der Waals surface area contributed by atoms with E-state index >= 15 is 0 Å². The topological polar surface area (TPSA) is 90.9 Å². The molecular formula is C14H27N3O4. The highest BCUT2D eigenvalue weighted by molar-refractivity contribution is 5.67. The number of hydrogen-bond acceptors (Lipinski definition) is 4. The fourth-order valence-corrected chi connectivity index (χ4v) is 2.17. The molecule has 7 nitrogen and oxygen atoms in total. The van der Waals surface area contributed by atoms with E-state index in [1.165, 1.54) is 4.90 Å². The number of nitrogens with one attached hydrogen (secondary N) is 2. The SMILES string of the molecule is CC(C)(C)OC(=O)NCCCNC1CCN(C(=O)O)CC1. The van der Waals surface area contributed by atoms with E-state index in [2.05, 4.69) is 10.6 Å². The van der Waals surface area contributed by atoms with Crippen LogP contribution < -0.4 is 10.6 Å². The Hall–Kier alpha value is -1.50. The van der Waals surface area contributed by atoms with Crippen LogP contribution in [0.4, 0.5) is 9.59 Å². The third-order valence-corrected chi connectivity index (χ3v) is 3.22. The number of rotatable bonds is 5. The Bertz CT molecular complexity index is 347. The van der Waals surface area contributed by atoms with Crippen molar-refractivity contribution in [2.24, 2.45) is 0 Å². The smallest absolute Gasteiger partial charge is 0.407 e. The second-order valence-electron chi connectivity index (χ2n) is 6.28. The molecule has 1 heterocycles. The van der Waals surface area contributed by atoms with Gasteiger partial charge in [-0.1, -0.05) is 0 Å². The minimum atomic E-state index is -0.838. The number of ether oxygens (including phenoxy) is 1. The molecule has 0 atom stereocenters. The predicted molar refractivity (Wildman–Crippen MR) is 79.5 cm³/mol. The molecular weight excluding hydrogens is 274 g/mol. The first kappa shape index (κ1) is 17.6. The van der Waals surface area contributed by atoms with E-state index in [0.29, 0.717) is 25.7 Å². The summed E-state index contributed by atoms with van der Waals surface area (Å²) in [6, 6.07) is 0.363. The number of nitrogens with zero attached hydrogens (tertiary/aromatic N) is 1. The maximum atomic E-state index is 11.4. The molecule has 0 spiro atoms. The van der Waals surface area contributed by atoms with Gasteiger partial charge in [0, 0.05) is 25.7 Å². The van der Waals surface area contributed by atoms with Crippen molar-refractivity contribution in [3.8, 4) is 0 Å². The predicted octanol–water partition coefficient (Wildman–Crippen LogP) is 1.63. The quantitative estimate of drug-likeness (QED) is 0.671. The van der Waals surface area contributed by atoms with Crippen LogP contribution in [0.1, 0.15) is 40.0 Å². The van der Waals surface area contributed by atoms with Crippen molar-refractivity contribution >= 4 is 12.2 Å². The molecule has 0 unspecified atom stereocenters. The molecule has 1 saturated heterocycles. The highest BCUT2D eigenvalue weighted by Crippen LogP contribution is 2.10. The van der Waals surface area contributed by atoms with E-state index in [-0.39, 0.29) is 0 Å².